The summed E-state index contributed by atoms with van der Waals surface area (Å²) in [6.07, 6.45) is 2.41. The first-order valence-electron chi connectivity index (χ1n) is 6.21. The van der Waals surface area contributed by atoms with Crippen molar-refractivity contribution in [2.75, 3.05) is 5.32 Å². The van der Waals surface area contributed by atoms with Gasteiger partial charge in [0.2, 0.25) is 5.91 Å². The quantitative estimate of drug-likeness (QED) is 0.820. The summed E-state index contributed by atoms with van der Waals surface area (Å²) < 4.78 is 0. The van der Waals surface area contributed by atoms with Gasteiger partial charge in [0, 0.05) is 12.1 Å². The number of amides is 1. The van der Waals surface area contributed by atoms with Gasteiger partial charge >= 0.3 is 0 Å². The van der Waals surface area contributed by atoms with Crippen LogP contribution in [0.2, 0.25) is 0 Å². The van der Waals surface area contributed by atoms with Crippen molar-refractivity contribution in [1.29, 1.82) is 0 Å². The molecule has 0 fully saturated rings. The molecule has 1 amide bonds. The van der Waals surface area contributed by atoms with E-state index in [2.05, 4.69) is 23.6 Å². The summed E-state index contributed by atoms with van der Waals surface area (Å²) in [4.78, 5) is 11.5. The highest BCUT2D eigenvalue weighted by molar-refractivity contribution is 7.80. The maximum atomic E-state index is 11.5. The van der Waals surface area contributed by atoms with Crippen molar-refractivity contribution >= 4 is 28.9 Å². The zero-order valence-corrected chi connectivity index (χ0v) is 12.0. The lowest BCUT2D eigenvalue weighted by molar-refractivity contribution is -0.119. The first kappa shape index (κ1) is 14.6. The summed E-state index contributed by atoms with van der Waals surface area (Å²) >= 11 is 5.11. The molecule has 2 N–H and O–H groups in total. The third kappa shape index (κ3) is 4.84. The van der Waals surface area contributed by atoms with Gasteiger partial charge in [-0.25, -0.2) is 0 Å². The smallest absolute Gasteiger partial charge is 0.226 e. The summed E-state index contributed by atoms with van der Waals surface area (Å²) in [7, 11) is 0. The van der Waals surface area contributed by atoms with Gasteiger partial charge in [0.05, 0.1) is 0 Å². The molecule has 3 nitrogen and oxygen atoms in total. The number of benzene rings is 1. The standard InChI is InChI=1S/C14H20N2OS/c1-4-5-6-13(17)16-14(18)15-12-8-7-10(2)9-11(12)3/h7-9H,4-6H2,1-3H3,(H2,15,16,17,18). The van der Waals surface area contributed by atoms with E-state index in [1.807, 2.05) is 26.0 Å². The van der Waals surface area contributed by atoms with Gasteiger partial charge < -0.3 is 10.6 Å². The Morgan fingerprint density at radius 1 is 1.33 bits per heavy atom. The minimum Gasteiger partial charge on any atom is -0.332 e. The SMILES string of the molecule is CCCCC(=O)NC(=S)Nc1ccc(C)cc1C. The third-order valence-corrected chi connectivity index (χ3v) is 2.84. The number of carbonyl (C=O) groups excluding carboxylic acids is 1. The van der Waals surface area contributed by atoms with Gasteiger partial charge in [0.1, 0.15) is 0 Å². The van der Waals surface area contributed by atoms with Crippen LogP contribution in [0.25, 0.3) is 0 Å². The monoisotopic (exact) mass is 264 g/mol. The van der Waals surface area contributed by atoms with E-state index >= 15 is 0 Å². The fourth-order valence-corrected chi connectivity index (χ4v) is 1.86. The number of anilines is 1. The molecular formula is C14H20N2OS. The molecule has 0 bridgehead atoms. The fraction of sp³-hybridized carbons (Fsp3) is 0.429. The Bertz CT molecular complexity index is 443. The van der Waals surface area contributed by atoms with Crippen LogP contribution in [0, 0.1) is 13.8 Å². The molecule has 0 heterocycles. The van der Waals surface area contributed by atoms with Gasteiger partial charge in [0.15, 0.2) is 5.11 Å². The zero-order chi connectivity index (χ0) is 13.5. The molecule has 0 aromatic heterocycles. The number of thiocarbonyl (C=S) groups is 1. The summed E-state index contributed by atoms with van der Waals surface area (Å²) in [6, 6.07) is 6.05. The van der Waals surface area contributed by atoms with Crippen molar-refractivity contribution in [2.45, 2.75) is 40.0 Å². The lowest BCUT2D eigenvalue weighted by Gasteiger charge is -2.12. The van der Waals surface area contributed by atoms with Crippen LogP contribution in [0.1, 0.15) is 37.3 Å². The van der Waals surface area contributed by atoms with Crippen LogP contribution >= 0.6 is 12.2 Å². The molecule has 18 heavy (non-hydrogen) atoms. The van der Waals surface area contributed by atoms with E-state index in [4.69, 9.17) is 12.2 Å². The Labute approximate surface area is 114 Å². The van der Waals surface area contributed by atoms with E-state index in [0.717, 1.165) is 24.1 Å². The number of nitrogens with one attached hydrogen (secondary N) is 2. The largest absolute Gasteiger partial charge is 0.332 e. The lowest BCUT2D eigenvalue weighted by atomic mass is 10.1. The van der Waals surface area contributed by atoms with Crippen LogP contribution in [0.3, 0.4) is 0 Å². The molecule has 0 atom stereocenters. The third-order valence-electron chi connectivity index (χ3n) is 2.64. The Morgan fingerprint density at radius 3 is 2.67 bits per heavy atom. The molecule has 0 spiro atoms. The highest BCUT2D eigenvalue weighted by Gasteiger charge is 2.05. The van der Waals surface area contributed by atoms with Crippen LogP contribution in [0.4, 0.5) is 5.69 Å². The summed E-state index contributed by atoms with van der Waals surface area (Å²) in [5.74, 6) is -0.0286. The van der Waals surface area contributed by atoms with Crippen LogP contribution in [0.15, 0.2) is 18.2 Å². The minimum absolute atomic E-state index is 0.0286. The lowest BCUT2D eigenvalue weighted by Crippen LogP contribution is -2.34. The van der Waals surface area contributed by atoms with Gasteiger partial charge in [-0.15, -0.1) is 0 Å². The topological polar surface area (TPSA) is 41.1 Å². The maximum Gasteiger partial charge on any atom is 0.226 e. The molecule has 0 unspecified atom stereocenters. The van der Waals surface area contributed by atoms with E-state index in [1.165, 1.54) is 5.56 Å². The molecule has 0 saturated carbocycles. The Hall–Kier alpha value is -1.42. The summed E-state index contributed by atoms with van der Waals surface area (Å²) in [6.45, 7) is 6.11. The highest BCUT2D eigenvalue weighted by atomic mass is 32.1. The molecule has 1 aromatic rings. The second-order valence-electron chi connectivity index (χ2n) is 4.42. The predicted molar refractivity (Wildman–Crippen MR) is 79.8 cm³/mol. The molecule has 1 rings (SSSR count). The molecular weight excluding hydrogens is 244 g/mol. The van der Waals surface area contributed by atoms with Crippen molar-refractivity contribution in [3.05, 3.63) is 29.3 Å². The van der Waals surface area contributed by atoms with E-state index in [-0.39, 0.29) is 5.91 Å². The van der Waals surface area contributed by atoms with Crippen LogP contribution < -0.4 is 10.6 Å². The molecule has 0 radical (unpaired) electrons. The van der Waals surface area contributed by atoms with E-state index in [1.54, 1.807) is 0 Å². The minimum atomic E-state index is -0.0286. The van der Waals surface area contributed by atoms with Crippen LogP contribution in [0.5, 0.6) is 0 Å². The molecule has 4 heteroatoms. The van der Waals surface area contributed by atoms with Crippen LogP contribution in [-0.4, -0.2) is 11.0 Å². The van der Waals surface area contributed by atoms with E-state index in [0.29, 0.717) is 11.5 Å². The molecule has 1 aromatic carbocycles. The average molecular weight is 264 g/mol. The van der Waals surface area contributed by atoms with E-state index < -0.39 is 0 Å². The molecule has 98 valence electrons. The second-order valence-corrected chi connectivity index (χ2v) is 4.83. The fourth-order valence-electron chi connectivity index (χ4n) is 1.63. The van der Waals surface area contributed by atoms with Gasteiger partial charge in [-0.1, -0.05) is 31.0 Å². The normalized spacial score (nSPS) is 9.94. The zero-order valence-electron chi connectivity index (χ0n) is 11.2. The van der Waals surface area contributed by atoms with Gasteiger partial charge in [-0.05, 0) is 44.1 Å². The van der Waals surface area contributed by atoms with Crippen molar-refractivity contribution in [3.8, 4) is 0 Å². The summed E-state index contributed by atoms with van der Waals surface area (Å²) in [5, 5.41) is 6.09. The molecule has 0 aliphatic rings. The Morgan fingerprint density at radius 2 is 2.06 bits per heavy atom. The molecule has 0 aliphatic heterocycles. The number of hydrogen-bond donors (Lipinski definition) is 2. The average Bonchev–Trinajstić information content (AvgIpc) is 2.30. The van der Waals surface area contributed by atoms with Crippen molar-refractivity contribution in [3.63, 3.8) is 0 Å². The summed E-state index contributed by atoms with van der Waals surface area (Å²) in [5.41, 5.74) is 3.25. The van der Waals surface area contributed by atoms with Gasteiger partial charge in [-0.2, -0.15) is 0 Å². The Kier molecular flexibility index (Phi) is 5.78. The highest BCUT2D eigenvalue weighted by Crippen LogP contribution is 2.15. The Balaban J connectivity index is 2.51. The van der Waals surface area contributed by atoms with Crippen molar-refractivity contribution < 1.29 is 4.79 Å². The molecule has 0 aliphatic carbocycles. The second kappa shape index (κ2) is 7.11. The van der Waals surface area contributed by atoms with E-state index in [9.17, 15) is 4.79 Å². The number of hydrogen-bond acceptors (Lipinski definition) is 2. The van der Waals surface area contributed by atoms with Gasteiger partial charge in [0.25, 0.3) is 0 Å². The number of carbonyl (C=O) groups is 1. The predicted octanol–water partition coefficient (Wildman–Crippen LogP) is 3.31. The van der Waals surface area contributed by atoms with Crippen molar-refractivity contribution in [2.24, 2.45) is 0 Å². The first-order valence-corrected chi connectivity index (χ1v) is 6.62. The molecule has 0 saturated heterocycles. The number of rotatable bonds is 4. The number of unbranched alkanes of at least 4 members (excludes halogenated alkanes) is 1. The number of aryl methyl sites for hydroxylation is 2. The first-order chi connectivity index (χ1) is 8.52. The maximum absolute atomic E-state index is 11.5. The van der Waals surface area contributed by atoms with Crippen molar-refractivity contribution in [1.82, 2.24) is 5.32 Å². The van der Waals surface area contributed by atoms with Gasteiger partial charge in [-0.3, -0.25) is 4.79 Å². The van der Waals surface area contributed by atoms with Crippen LogP contribution in [-0.2, 0) is 4.79 Å².